The maximum Gasteiger partial charge on any atom is 0.303 e. The highest BCUT2D eigenvalue weighted by molar-refractivity contribution is 6.06. The number of fused-ring (bicyclic) bond motifs is 1. The van der Waals surface area contributed by atoms with E-state index >= 15 is 0 Å². The quantitative estimate of drug-likeness (QED) is 0.911. The van der Waals surface area contributed by atoms with E-state index in [0.717, 1.165) is 30.2 Å². The summed E-state index contributed by atoms with van der Waals surface area (Å²) in [6, 6.07) is 7.62. The number of piperidine rings is 1. The zero-order chi connectivity index (χ0) is 15.5. The van der Waals surface area contributed by atoms with E-state index < -0.39 is 5.97 Å². The number of likely N-dealkylation sites (tertiary alicyclic amines) is 1. The number of amides is 1. The van der Waals surface area contributed by atoms with Crippen molar-refractivity contribution in [3.63, 3.8) is 0 Å². The molecule has 0 saturated carbocycles. The third kappa shape index (κ3) is 2.84. The first kappa shape index (κ1) is 14.6. The fourth-order valence-electron chi connectivity index (χ4n) is 3.28. The number of carboxylic acid groups (broad SMARTS) is 1. The Kier molecular flexibility index (Phi) is 4.13. The van der Waals surface area contributed by atoms with Gasteiger partial charge in [-0.1, -0.05) is 6.07 Å². The second-order valence-electron chi connectivity index (χ2n) is 5.83. The predicted molar refractivity (Wildman–Crippen MR) is 83.8 cm³/mol. The van der Waals surface area contributed by atoms with Crippen LogP contribution in [-0.2, 0) is 4.79 Å². The van der Waals surface area contributed by atoms with Crippen LogP contribution in [0.5, 0.6) is 0 Å². The maximum atomic E-state index is 12.9. The number of carboxylic acids is 1. The largest absolute Gasteiger partial charge is 0.481 e. The van der Waals surface area contributed by atoms with Gasteiger partial charge in [0.1, 0.15) is 0 Å². The number of rotatable bonds is 4. The number of hydrogen-bond acceptors (Lipinski definition) is 2. The molecular weight excluding hydrogens is 280 g/mol. The van der Waals surface area contributed by atoms with Crippen LogP contribution >= 0.6 is 0 Å². The Morgan fingerprint density at radius 2 is 2.14 bits per heavy atom. The lowest BCUT2D eigenvalue weighted by Crippen LogP contribution is -2.44. The molecule has 1 aromatic heterocycles. The van der Waals surface area contributed by atoms with Gasteiger partial charge >= 0.3 is 5.97 Å². The van der Waals surface area contributed by atoms with Gasteiger partial charge < -0.3 is 15.0 Å². The van der Waals surface area contributed by atoms with E-state index in [-0.39, 0.29) is 18.4 Å². The van der Waals surface area contributed by atoms with Crippen molar-refractivity contribution in [1.29, 1.82) is 0 Å². The molecule has 2 heterocycles. The molecule has 0 aliphatic carbocycles. The molecule has 2 N–H and O–H groups in total. The number of hydrogen-bond donors (Lipinski definition) is 2. The molecule has 0 unspecified atom stereocenters. The van der Waals surface area contributed by atoms with Gasteiger partial charge in [-0.2, -0.15) is 0 Å². The molecule has 1 aliphatic rings. The number of carbonyl (C=O) groups excluding carboxylic acids is 1. The number of benzene rings is 1. The molecule has 1 aliphatic heterocycles. The van der Waals surface area contributed by atoms with Crippen LogP contribution in [0.4, 0.5) is 0 Å². The van der Waals surface area contributed by atoms with Crippen molar-refractivity contribution < 1.29 is 14.7 Å². The van der Waals surface area contributed by atoms with Crippen molar-refractivity contribution in [3.05, 3.63) is 36.0 Å². The molecule has 1 aromatic carbocycles. The van der Waals surface area contributed by atoms with Crippen LogP contribution in [0.2, 0.25) is 0 Å². The number of nitrogens with one attached hydrogen (secondary N) is 1. The van der Waals surface area contributed by atoms with Crippen LogP contribution in [0.15, 0.2) is 30.5 Å². The Morgan fingerprint density at radius 3 is 2.95 bits per heavy atom. The molecular formula is C17H20N2O3. The molecule has 5 nitrogen and oxygen atoms in total. The average Bonchev–Trinajstić information content (AvgIpc) is 3.01. The van der Waals surface area contributed by atoms with Gasteiger partial charge in [-0.3, -0.25) is 9.59 Å². The molecule has 0 bridgehead atoms. The summed E-state index contributed by atoms with van der Waals surface area (Å²) in [5, 5.41) is 9.82. The Bertz CT molecular complexity index is 692. The van der Waals surface area contributed by atoms with Crippen LogP contribution < -0.4 is 0 Å². The summed E-state index contributed by atoms with van der Waals surface area (Å²) >= 11 is 0. The van der Waals surface area contributed by atoms with Gasteiger partial charge in [-0.05, 0) is 43.9 Å². The lowest BCUT2D eigenvalue weighted by Gasteiger charge is -2.36. The summed E-state index contributed by atoms with van der Waals surface area (Å²) in [6.07, 6.45) is 5.41. The molecule has 3 rings (SSSR count). The zero-order valence-corrected chi connectivity index (χ0v) is 12.4. The Morgan fingerprint density at radius 1 is 1.27 bits per heavy atom. The standard InChI is InChI=1S/C17H20N2O3/c20-16(21)8-7-12-4-1-2-11-19(12)17(22)14-5-3-6-15-13(14)9-10-18-15/h3,5-6,9-10,12,18H,1-2,4,7-8,11H2,(H,20,21)/t12-/m1/s1. The minimum Gasteiger partial charge on any atom is -0.481 e. The second kappa shape index (κ2) is 6.22. The summed E-state index contributed by atoms with van der Waals surface area (Å²) in [4.78, 5) is 28.7. The Hall–Kier alpha value is -2.30. The molecule has 0 radical (unpaired) electrons. The Labute approximate surface area is 128 Å². The summed E-state index contributed by atoms with van der Waals surface area (Å²) < 4.78 is 0. The Balaban J connectivity index is 1.85. The first-order valence-electron chi connectivity index (χ1n) is 7.75. The van der Waals surface area contributed by atoms with Crippen LogP contribution in [-0.4, -0.2) is 39.5 Å². The van der Waals surface area contributed by atoms with E-state index in [1.807, 2.05) is 35.4 Å². The number of carbonyl (C=O) groups is 2. The van der Waals surface area contributed by atoms with Gasteiger partial charge in [0, 0.05) is 41.7 Å². The number of aromatic amines is 1. The van der Waals surface area contributed by atoms with E-state index in [4.69, 9.17) is 5.11 Å². The molecule has 22 heavy (non-hydrogen) atoms. The normalized spacial score (nSPS) is 18.5. The van der Waals surface area contributed by atoms with E-state index in [1.54, 1.807) is 0 Å². The fourth-order valence-corrected chi connectivity index (χ4v) is 3.28. The van der Waals surface area contributed by atoms with Gasteiger partial charge in [0.2, 0.25) is 0 Å². The summed E-state index contributed by atoms with van der Waals surface area (Å²) in [6.45, 7) is 0.712. The van der Waals surface area contributed by atoms with E-state index in [2.05, 4.69) is 4.98 Å². The smallest absolute Gasteiger partial charge is 0.303 e. The fraction of sp³-hybridized carbons (Fsp3) is 0.412. The highest BCUT2D eigenvalue weighted by Crippen LogP contribution is 2.26. The minimum atomic E-state index is -0.800. The number of aromatic nitrogens is 1. The van der Waals surface area contributed by atoms with Crippen molar-refractivity contribution in [3.8, 4) is 0 Å². The zero-order valence-electron chi connectivity index (χ0n) is 12.4. The minimum absolute atomic E-state index is 0.0142. The third-order valence-electron chi connectivity index (χ3n) is 4.40. The van der Waals surface area contributed by atoms with Gasteiger partial charge in [0.25, 0.3) is 5.91 Å². The van der Waals surface area contributed by atoms with Crippen molar-refractivity contribution in [1.82, 2.24) is 9.88 Å². The van der Waals surface area contributed by atoms with E-state index in [0.29, 0.717) is 18.5 Å². The lowest BCUT2D eigenvalue weighted by molar-refractivity contribution is -0.137. The molecule has 0 spiro atoms. The number of aliphatic carboxylic acids is 1. The maximum absolute atomic E-state index is 12.9. The van der Waals surface area contributed by atoms with Gasteiger partial charge in [-0.25, -0.2) is 0 Å². The van der Waals surface area contributed by atoms with E-state index in [1.165, 1.54) is 0 Å². The van der Waals surface area contributed by atoms with Gasteiger partial charge in [-0.15, -0.1) is 0 Å². The summed E-state index contributed by atoms with van der Waals surface area (Å²) in [7, 11) is 0. The van der Waals surface area contributed by atoms with Crippen molar-refractivity contribution >= 4 is 22.8 Å². The monoisotopic (exact) mass is 300 g/mol. The molecule has 1 fully saturated rings. The highest BCUT2D eigenvalue weighted by atomic mass is 16.4. The molecule has 1 amide bonds. The SMILES string of the molecule is O=C(O)CC[C@H]1CCCCN1C(=O)c1cccc2[nH]ccc12. The van der Waals surface area contributed by atoms with E-state index in [9.17, 15) is 9.59 Å². The number of H-pyrrole nitrogens is 1. The predicted octanol–water partition coefficient (Wildman–Crippen LogP) is 3.03. The summed E-state index contributed by atoms with van der Waals surface area (Å²) in [5.74, 6) is -0.786. The van der Waals surface area contributed by atoms with Crippen molar-refractivity contribution in [2.24, 2.45) is 0 Å². The third-order valence-corrected chi connectivity index (χ3v) is 4.40. The molecule has 1 saturated heterocycles. The molecule has 5 heteroatoms. The first-order chi connectivity index (χ1) is 10.7. The summed E-state index contributed by atoms with van der Waals surface area (Å²) in [5.41, 5.74) is 1.64. The first-order valence-corrected chi connectivity index (χ1v) is 7.75. The van der Waals surface area contributed by atoms with Crippen LogP contribution in [0.3, 0.4) is 0 Å². The van der Waals surface area contributed by atoms with Crippen LogP contribution in [0.1, 0.15) is 42.5 Å². The topological polar surface area (TPSA) is 73.4 Å². The number of nitrogens with zero attached hydrogens (tertiary/aromatic N) is 1. The van der Waals surface area contributed by atoms with Crippen molar-refractivity contribution in [2.45, 2.75) is 38.1 Å². The van der Waals surface area contributed by atoms with Crippen molar-refractivity contribution in [2.75, 3.05) is 6.54 Å². The van der Waals surface area contributed by atoms with Gasteiger partial charge in [0.05, 0.1) is 0 Å². The molecule has 2 aromatic rings. The highest BCUT2D eigenvalue weighted by Gasteiger charge is 2.28. The van der Waals surface area contributed by atoms with Crippen LogP contribution in [0, 0.1) is 0 Å². The van der Waals surface area contributed by atoms with Crippen LogP contribution in [0.25, 0.3) is 10.9 Å². The molecule has 116 valence electrons. The molecule has 1 atom stereocenters. The second-order valence-corrected chi connectivity index (χ2v) is 5.83. The average molecular weight is 300 g/mol. The van der Waals surface area contributed by atoms with Gasteiger partial charge in [0.15, 0.2) is 0 Å². The lowest BCUT2D eigenvalue weighted by atomic mass is 9.96.